The van der Waals surface area contributed by atoms with Gasteiger partial charge in [-0.25, -0.2) is 9.78 Å². The van der Waals surface area contributed by atoms with Crippen molar-refractivity contribution in [1.29, 1.82) is 5.26 Å². The number of allylic oxidation sites excluding steroid dienone is 1. The van der Waals surface area contributed by atoms with Crippen LogP contribution in [0.25, 0.3) is 5.57 Å². The summed E-state index contributed by atoms with van der Waals surface area (Å²) in [5.74, 6) is 0.237. The Morgan fingerprint density at radius 3 is 2.72 bits per heavy atom. The van der Waals surface area contributed by atoms with Crippen molar-refractivity contribution in [1.82, 2.24) is 4.98 Å². The molecule has 128 valence electrons. The number of aromatic nitrogens is 1. The monoisotopic (exact) mass is 353 g/mol. The summed E-state index contributed by atoms with van der Waals surface area (Å²) >= 11 is 1.49. The highest BCUT2D eigenvalue weighted by atomic mass is 32.1. The summed E-state index contributed by atoms with van der Waals surface area (Å²) in [6, 6.07) is 9.13. The number of benzene rings is 1. The largest absolute Gasteiger partial charge is 0.459 e. The van der Waals surface area contributed by atoms with Gasteiger partial charge in [-0.3, -0.25) is 0 Å². The molecule has 25 heavy (non-hydrogen) atoms. The second-order valence-electron chi connectivity index (χ2n) is 6.20. The van der Waals surface area contributed by atoms with Crippen molar-refractivity contribution in [2.75, 3.05) is 5.32 Å². The minimum atomic E-state index is -0.342. The number of ether oxygens (including phenoxy) is 1. The Bertz CT molecular complexity index is 827. The molecule has 0 aliphatic heterocycles. The number of nitrogens with zero attached hydrogens (tertiary/aromatic N) is 2. The summed E-state index contributed by atoms with van der Waals surface area (Å²) in [5.41, 5.74) is 2.87. The molecule has 3 rings (SSSR count). The van der Waals surface area contributed by atoms with E-state index < -0.39 is 0 Å². The molecular weight excluding hydrogens is 334 g/mol. The lowest BCUT2D eigenvalue weighted by molar-refractivity contribution is 0.0378. The lowest BCUT2D eigenvalue weighted by Crippen LogP contribution is -2.11. The van der Waals surface area contributed by atoms with E-state index in [0.29, 0.717) is 17.1 Å². The summed E-state index contributed by atoms with van der Waals surface area (Å²) < 4.78 is 5.16. The third-order valence-electron chi connectivity index (χ3n) is 3.71. The minimum absolute atomic E-state index is 0.148. The first-order valence-corrected chi connectivity index (χ1v) is 9.08. The SMILES string of the molecule is CC(C)OC(=O)c1ccc(N/C=C(\C#N)c2nc(C3CC3)cs2)cc1. The van der Waals surface area contributed by atoms with Crippen LogP contribution in [0.1, 0.15) is 53.7 Å². The lowest BCUT2D eigenvalue weighted by Gasteiger charge is -2.08. The highest BCUT2D eigenvalue weighted by Gasteiger charge is 2.26. The maximum atomic E-state index is 11.8. The number of nitriles is 1. The maximum Gasteiger partial charge on any atom is 0.338 e. The molecule has 6 heteroatoms. The number of hydrogen-bond donors (Lipinski definition) is 1. The summed E-state index contributed by atoms with van der Waals surface area (Å²) in [6.45, 7) is 3.63. The van der Waals surface area contributed by atoms with Crippen LogP contribution in [0.3, 0.4) is 0 Å². The van der Waals surface area contributed by atoms with E-state index in [1.54, 1.807) is 30.5 Å². The predicted octanol–water partition coefficient (Wildman–Crippen LogP) is 4.56. The molecule has 0 spiro atoms. The minimum Gasteiger partial charge on any atom is -0.459 e. The first-order chi connectivity index (χ1) is 12.1. The number of hydrogen-bond acceptors (Lipinski definition) is 6. The second-order valence-corrected chi connectivity index (χ2v) is 7.06. The van der Waals surface area contributed by atoms with Crippen LogP contribution in [-0.4, -0.2) is 17.1 Å². The number of thiazole rings is 1. The smallest absolute Gasteiger partial charge is 0.338 e. The van der Waals surface area contributed by atoms with Crippen LogP contribution >= 0.6 is 11.3 Å². The van der Waals surface area contributed by atoms with Gasteiger partial charge in [0.05, 0.1) is 17.4 Å². The van der Waals surface area contributed by atoms with Crippen LogP contribution in [0, 0.1) is 11.3 Å². The molecule has 1 heterocycles. The van der Waals surface area contributed by atoms with Gasteiger partial charge in [0, 0.05) is 23.2 Å². The van der Waals surface area contributed by atoms with E-state index in [-0.39, 0.29) is 12.1 Å². The van der Waals surface area contributed by atoms with Crippen molar-refractivity contribution in [3.05, 3.63) is 52.1 Å². The lowest BCUT2D eigenvalue weighted by atomic mass is 10.2. The Labute approximate surface area is 151 Å². The zero-order valence-corrected chi connectivity index (χ0v) is 15.0. The van der Waals surface area contributed by atoms with Crippen LogP contribution < -0.4 is 5.32 Å². The fraction of sp³-hybridized carbons (Fsp3) is 0.316. The van der Waals surface area contributed by atoms with Crippen LogP contribution in [0.15, 0.2) is 35.8 Å². The molecule has 5 nitrogen and oxygen atoms in total. The highest BCUT2D eigenvalue weighted by molar-refractivity contribution is 7.10. The van der Waals surface area contributed by atoms with Crippen molar-refractivity contribution in [3.63, 3.8) is 0 Å². The molecule has 1 fully saturated rings. The van der Waals surface area contributed by atoms with E-state index in [0.717, 1.165) is 16.4 Å². The Morgan fingerprint density at radius 2 is 2.12 bits per heavy atom. The number of anilines is 1. The molecule has 1 aromatic carbocycles. The molecule has 0 radical (unpaired) electrons. The van der Waals surface area contributed by atoms with Gasteiger partial charge in [0.25, 0.3) is 0 Å². The van der Waals surface area contributed by atoms with Crippen molar-refractivity contribution < 1.29 is 9.53 Å². The van der Waals surface area contributed by atoms with Crippen LogP contribution in [0.4, 0.5) is 5.69 Å². The van der Waals surface area contributed by atoms with E-state index in [1.165, 1.54) is 24.2 Å². The molecule has 1 aromatic heterocycles. The molecule has 1 aliphatic carbocycles. The quantitative estimate of drug-likeness (QED) is 0.608. The maximum absolute atomic E-state index is 11.8. The van der Waals surface area contributed by atoms with Gasteiger partial charge in [-0.2, -0.15) is 5.26 Å². The first kappa shape index (κ1) is 17.2. The summed E-state index contributed by atoms with van der Waals surface area (Å²) in [5, 5.41) is 15.2. The predicted molar refractivity (Wildman–Crippen MR) is 98.3 cm³/mol. The van der Waals surface area contributed by atoms with Crippen molar-refractivity contribution >= 4 is 28.6 Å². The van der Waals surface area contributed by atoms with Gasteiger partial charge >= 0.3 is 5.97 Å². The number of carbonyl (C=O) groups excluding carboxylic acids is 1. The molecule has 1 saturated carbocycles. The summed E-state index contributed by atoms with van der Waals surface area (Å²) in [7, 11) is 0. The first-order valence-electron chi connectivity index (χ1n) is 8.20. The molecular formula is C19H19N3O2S. The average molecular weight is 353 g/mol. The average Bonchev–Trinajstić information content (AvgIpc) is 3.33. The molecule has 1 N–H and O–H groups in total. The van der Waals surface area contributed by atoms with Crippen molar-refractivity contribution in [2.24, 2.45) is 0 Å². The van der Waals surface area contributed by atoms with E-state index in [2.05, 4.69) is 16.4 Å². The highest BCUT2D eigenvalue weighted by Crippen LogP contribution is 2.40. The van der Waals surface area contributed by atoms with E-state index in [1.807, 2.05) is 19.2 Å². The van der Waals surface area contributed by atoms with E-state index in [9.17, 15) is 10.1 Å². The van der Waals surface area contributed by atoms with Gasteiger partial charge in [0.15, 0.2) is 0 Å². The second kappa shape index (κ2) is 7.49. The van der Waals surface area contributed by atoms with Crippen molar-refractivity contribution in [2.45, 2.75) is 38.7 Å². The third kappa shape index (κ3) is 4.46. The summed E-state index contributed by atoms with van der Waals surface area (Å²) in [4.78, 5) is 16.4. The van der Waals surface area contributed by atoms with Crippen LogP contribution in [0.5, 0.6) is 0 Å². The number of nitrogens with one attached hydrogen (secondary N) is 1. The molecule has 1 aliphatic rings. The van der Waals surface area contributed by atoms with Gasteiger partial charge in [-0.1, -0.05) is 0 Å². The fourth-order valence-electron chi connectivity index (χ4n) is 2.26. The van der Waals surface area contributed by atoms with Crippen molar-refractivity contribution in [3.8, 4) is 6.07 Å². The Hall–Kier alpha value is -2.65. The van der Waals surface area contributed by atoms with Gasteiger partial charge in [0.2, 0.25) is 0 Å². The number of carbonyl (C=O) groups is 1. The van der Waals surface area contributed by atoms with Crippen LogP contribution in [-0.2, 0) is 4.74 Å². The number of esters is 1. The van der Waals surface area contributed by atoms with Gasteiger partial charge in [0.1, 0.15) is 16.6 Å². The molecule has 0 bridgehead atoms. The molecule has 0 amide bonds. The standard InChI is InChI=1S/C19H19N3O2S/c1-12(2)24-19(23)14-5-7-16(8-6-14)21-10-15(9-20)18-22-17(11-25-18)13-3-4-13/h5-8,10-13,21H,3-4H2,1-2H3/b15-10+. The topological polar surface area (TPSA) is 75.0 Å². The molecule has 0 atom stereocenters. The van der Waals surface area contributed by atoms with E-state index in [4.69, 9.17) is 4.74 Å². The molecule has 0 unspecified atom stereocenters. The zero-order chi connectivity index (χ0) is 17.8. The van der Waals surface area contributed by atoms with Crippen LogP contribution in [0.2, 0.25) is 0 Å². The summed E-state index contributed by atoms with van der Waals surface area (Å²) in [6.07, 6.45) is 3.89. The fourth-order valence-corrected chi connectivity index (χ4v) is 3.13. The van der Waals surface area contributed by atoms with Gasteiger partial charge in [-0.15, -0.1) is 11.3 Å². The normalized spacial score (nSPS) is 14.2. The molecule has 0 saturated heterocycles. The van der Waals surface area contributed by atoms with Gasteiger partial charge < -0.3 is 10.1 Å². The van der Waals surface area contributed by atoms with E-state index >= 15 is 0 Å². The number of rotatable bonds is 6. The Morgan fingerprint density at radius 1 is 1.40 bits per heavy atom. The molecule has 2 aromatic rings. The Balaban J connectivity index is 1.67. The third-order valence-corrected chi connectivity index (χ3v) is 4.61. The Kier molecular flexibility index (Phi) is 5.15. The van der Waals surface area contributed by atoms with Gasteiger partial charge in [-0.05, 0) is 51.0 Å². The zero-order valence-electron chi connectivity index (χ0n) is 14.2.